The van der Waals surface area contributed by atoms with E-state index < -0.39 is 9.84 Å². The monoisotopic (exact) mass is 604 g/mol. The van der Waals surface area contributed by atoms with E-state index in [4.69, 9.17) is 0 Å². The van der Waals surface area contributed by atoms with Gasteiger partial charge >= 0.3 is 0 Å². The van der Waals surface area contributed by atoms with E-state index in [2.05, 4.69) is 66.3 Å². The van der Waals surface area contributed by atoms with Crippen LogP contribution in [0.15, 0.2) is 42.5 Å². The molecule has 0 heterocycles. The quantitative estimate of drug-likeness (QED) is 0.315. The normalized spacial score (nSPS) is 43.4. The highest BCUT2D eigenvalue weighted by Crippen LogP contribution is 2.77. The highest BCUT2D eigenvalue weighted by Gasteiger charge is 2.71. The smallest absolute Gasteiger partial charge is 0.151 e. The summed E-state index contributed by atoms with van der Waals surface area (Å²) in [7, 11) is -3.08. The number of sulfone groups is 1. The molecule has 5 aliphatic rings. The second kappa shape index (κ2) is 9.91. The Morgan fingerprint density at radius 2 is 1.63 bits per heavy atom. The maximum atomic E-state index is 13.4. The molecule has 3 nitrogen and oxygen atoms in total. The zero-order valence-corrected chi connectivity index (χ0v) is 29.0. The van der Waals surface area contributed by atoms with Gasteiger partial charge in [-0.05, 0) is 140 Å². The first kappa shape index (κ1) is 31.3. The molecule has 0 radical (unpaired) electrons. The molecule has 0 saturated heterocycles. The van der Waals surface area contributed by atoms with Gasteiger partial charge in [-0.25, -0.2) is 8.42 Å². The van der Waals surface area contributed by atoms with Gasteiger partial charge in [0.25, 0.3) is 0 Å². The fraction of sp³-hybridized carbons (Fsp3) is 0.718. The fourth-order valence-electron chi connectivity index (χ4n) is 13.0. The van der Waals surface area contributed by atoms with Crippen LogP contribution in [0.25, 0.3) is 5.57 Å². The second-order valence-electron chi connectivity index (χ2n) is 17.2. The highest BCUT2D eigenvalue weighted by molar-refractivity contribution is 7.89. The first-order chi connectivity index (χ1) is 19.9. The Morgan fingerprint density at radius 3 is 2.28 bits per heavy atom. The predicted octanol–water partition coefficient (Wildman–Crippen LogP) is 9.47. The van der Waals surface area contributed by atoms with Crippen LogP contribution in [0.1, 0.15) is 117 Å². The van der Waals surface area contributed by atoms with E-state index >= 15 is 0 Å². The molecule has 4 fully saturated rings. The summed E-state index contributed by atoms with van der Waals surface area (Å²) < 4.78 is 24.1. The Labute approximate surface area is 262 Å². The first-order valence-corrected chi connectivity index (χ1v) is 19.1. The van der Waals surface area contributed by atoms with E-state index in [1.165, 1.54) is 55.1 Å². The van der Waals surface area contributed by atoms with E-state index in [1.54, 1.807) is 0 Å². The number of ketones is 1. The molecule has 0 aliphatic heterocycles. The minimum atomic E-state index is -3.08. The van der Waals surface area contributed by atoms with Gasteiger partial charge in [0, 0.05) is 11.7 Å². The standard InChI is InChI=1S/C39H56O3S/c1-25(2)29-15-20-39(26(3)40)22-21-37(7)31(34(29)39)13-14-33-36(6)18-16-30(35(4,5)32(36)17-19-38(33,37)8)28-12-10-11-27(23-28)24-43(9,41)42/h10-12,16,23,29,31-34H,1,13-15,17-22,24H2,2-9H3/t29-,31+,32-,33+,34+,36-,37+,38+,39+/m0/s1. The topological polar surface area (TPSA) is 51.2 Å². The summed E-state index contributed by atoms with van der Waals surface area (Å²) in [5.41, 5.74) is 5.35. The number of carbonyl (C=O) groups is 1. The van der Waals surface area contributed by atoms with E-state index in [0.717, 1.165) is 31.2 Å². The molecule has 1 aromatic carbocycles. The largest absolute Gasteiger partial charge is 0.299 e. The lowest BCUT2D eigenvalue weighted by atomic mass is 9.32. The average Bonchev–Trinajstić information content (AvgIpc) is 3.29. The van der Waals surface area contributed by atoms with E-state index in [0.29, 0.717) is 35.4 Å². The molecule has 5 aliphatic carbocycles. The van der Waals surface area contributed by atoms with Crippen LogP contribution >= 0.6 is 0 Å². The van der Waals surface area contributed by atoms with E-state index in [9.17, 15) is 13.2 Å². The minimum Gasteiger partial charge on any atom is -0.299 e. The zero-order chi connectivity index (χ0) is 31.4. The van der Waals surface area contributed by atoms with Gasteiger partial charge in [0.05, 0.1) is 5.75 Å². The van der Waals surface area contributed by atoms with Crippen molar-refractivity contribution in [1.82, 2.24) is 0 Å². The number of carbonyl (C=O) groups excluding carboxylic acids is 1. The lowest BCUT2D eigenvalue weighted by Crippen LogP contribution is -2.65. The molecule has 4 heteroatoms. The molecule has 236 valence electrons. The van der Waals surface area contributed by atoms with Crippen LogP contribution in [-0.4, -0.2) is 20.5 Å². The van der Waals surface area contributed by atoms with Crippen molar-refractivity contribution in [3.05, 3.63) is 53.6 Å². The minimum absolute atomic E-state index is 0.00262. The van der Waals surface area contributed by atoms with Crippen LogP contribution in [0.5, 0.6) is 0 Å². The summed E-state index contributed by atoms with van der Waals surface area (Å²) in [6, 6.07) is 8.29. The van der Waals surface area contributed by atoms with Gasteiger partial charge in [-0.3, -0.25) is 4.79 Å². The number of Topliss-reactive ketones (excluding diaryl/α,β-unsaturated/α-hetero) is 1. The van der Waals surface area contributed by atoms with E-state index in [-0.39, 0.29) is 32.8 Å². The lowest BCUT2D eigenvalue weighted by molar-refractivity contribution is -0.224. The number of hydrogen-bond donors (Lipinski definition) is 0. The van der Waals surface area contributed by atoms with Crippen molar-refractivity contribution in [3.63, 3.8) is 0 Å². The number of allylic oxidation sites excluding steroid dienone is 3. The van der Waals surface area contributed by atoms with Gasteiger partial charge in [-0.15, -0.1) is 0 Å². The van der Waals surface area contributed by atoms with Gasteiger partial charge in [0.2, 0.25) is 0 Å². The van der Waals surface area contributed by atoms with Crippen molar-refractivity contribution >= 4 is 21.2 Å². The summed E-state index contributed by atoms with van der Waals surface area (Å²) in [4.78, 5) is 13.4. The Bertz CT molecular complexity index is 1480. The maximum Gasteiger partial charge on any atom is 0.151 e. The van der Waals surface area contributed by atoms with Crippen LogP contribution in [0, 0.1) is 56.7 Å². The molecule has 9 atom stereocenters. The summed E-state index contributed by atoms with van der Waals surface area (Å²) in [5, 5.41) is 0. The predicted molar refractivity (Wildman–Crippen MR) is 178 cm³/mol. The molecular formula is C39H56O3S. The molecule has 0 spiro atoms. The summed E-state index contributed by atoms with van der Waals surface area (Å²) >= 11 is 0. The third-order valence-electron chi connectivity index (χ3n) is 15.0. The summed E-state index contributed by atoms with van der Waals surface area (Å²) in [6.07, 6.45) is 14.4. The molecule has 0 bridgehead atoms. The molecule has 0 aromatic heterocycles. The fourth-order valence-corrected chi connectivity index (χ4v) is 13.8. The molecular weight excluding hydrogens is 548 g/mol. The van der Waals surface area contributed by atoms with Crippen LogP contribution in [0.2, 0.25) is 0 Å². The third-order valence-corrected chi connectivity index (χ3v) is 15.9. The van der Waals surface area contributed by atoms with Gasteiger partial charge < -0.3 is 0 Å². The van der Waals surface area contributed by atoms with Crippen LogP contribution in [0.3, 0.4) is 0 Å². The van der Waals surface area contributed by atoms with Crippen molar-refractivity contribution in [3.8, 4) is 0 Å². The summed E-state index contributed by atoms with van der Waals surface area (Å²) in [5.74, 6) is 3.30. The number of rotatable bonds is 5. The molecule has 4 saturated carbocycles. The Morgan fingerprint density at radius 1 is 0.907 bits per heavy atom. The zero-order valence-electron chi connectivity index (χ0n) is 28.2. The average molecular weight is 605 g/mol. The van der Waals surface area contributed by atoms with Gasteiger partial charge in [0.15, 0.2) is 9.84 Å². The van der Waals surface area contributed by atoms with Gasteiger partial charge in [0.1, 0.15) is 5.78 Å². The highest BCUT2D eigenvalue weighted by atomic mass is 32.2. The molecule has 43 heavy (non-hydrogen) atoms. The number of hydrogen-bond acceptors (Lipinski definition) is 3. The molecule has 6 rings (SSSR count). The molecule has 0 amide bonds. The van der Waals surface area contributed by atoms with Gasteiger partial charge in [-0.1, -0.05) is 77.1 Å². The van der Waals surface area contributed by atoms with Gasteiger partial charge in [-0.2, -0.15) is 0 Å². The summed E-state index contributed by atoms with van der Waals surface area (Å²) in [6.45, 7) is 21.4. The SMILES string of the molecule is C=C(C)[C@@H]1CC[C@]2(C(C)=O)CC[C@]3(C)[C@H](CC[C@@H]4[C@@]5(C)CC=C(c6cccc(CS(C)(=O)=O)c6)C(C)(C)[C@@H]5CC[C@]43C)[C@@H]12. The number of fused-ring (bicyclic) bond motifs is 7. The van der Waals surface area contributed by atoms with Crippen molar-refractivity contribution in [1.29, 1.82) is 0 Å². The third kappa shape index (κ3) is 4.38. The van der Waals surface area contributed by atoms with Crippen LogP contribution < -0.4 is 0 Å². The first-order valence-electron chi connectivity index (χ1n) is 17.0. The molecule has 0 N–H and O–H groups in total. The lowest BCUT2D eigenvalue weighted by Gasteiger charge is -2.72. The van der Waals surface area contributed by atoms with Crippen molar-refractivity contribution in [2.75, 3.05) is 6.26 Å². The van der Waals surface area contributed by atoms with Crippen LogP contribution in [0.4, 0.5) is 0 Å². The van der Waals surface area contributed by atoms with Crippen molar-refractivity contribution in [2.45, 2.75) is 112 Å². The number of benzene rings is 1. The van der Waals surface area contributed by atoms with Crippen molar-refractivity contribution < 1.29 is 13.2 Å². The Kier molecular flexibility index (Phi) is 7.21. The van der Waals surface area contributed by atoms with Crippen LogP contribution in [-0.2, 0) is 20.4 Å². The molecule has 0 unspecified atom stereocenters. The van der Waals surface area contributed by atoms with E-state index in [1.807, 2.05) is 19.1 Å². The Hall–Kier alpha value is -1.68. The Balaban J connectivity index is 1.37. The molecule has 1 aromatic rings. The maximum absolute atomic E-state index is 13.4. The van der Waals surface area contributed by atoms with Crippen molar-refractivity contribution in [2.24, 2.45) is 56.7 Å². The second-order valence-corrected chi connectivity index (χ2v) is 19.4.